The molecule has 2 saturated heterocycles. The van der Waals surface area contributed by atoms with Crippen molar-refractivity contribution >= 4 is 16.6 Å². The van der Waals surface area contributed by atoms with Crippen molar-refractivity contribution < 1.29 is 9.13 Å². The molecular weight excluding hydrogens is 591 g/mol. The molecule has 8 nitrogen and oxygen atoms in total. The van der Waals surface area contributed by atoms with Gasteiger partial charge in [0.15, 0.2) is 17.0 Å². The number of benzene rings is 1. The second kappa shape index (κ2) is 13.3. The highest BCUT2D eigenvalue weighted by Gasteiger charge is 2.32. The van der Waals surface area contributed by atoms with E-state index in [1.54, 1.807) is 0 Å². The Morgan fingerprint density at radius 2 is 1.91 bits per heavy atom. The minimum atomic E-state index is -0.361. The van der Waals surface area contributed by atoms with Crippen molar-refractivity contribution in [2.45, 2.75) is 78.0 Å². The van der Waals surface area contributed by atoms with Gasteiger partial charge in [-0.3, -0.25) is 14.7 Å². The van der Waals surface area contributed by atoms with E-state index in [1.807, 2.05) is 12.4 Å². The first-order valence-corrected chi connectivity index (χ1v) is 17.6. The van der Waals surface area contributed by atoms with Gasteiger partial charge in [0.1, 0.15) is 12.3 Å². The summed E-state index contributed by atoms with van der Waals surface area (Å²) in [5.74, 6) is 0.653. The van der Waals surface area contributed by atoms with E-state index in [0.29, 0.717) is 48.0 Å². The number of nitrogens with zero attached hydrogens (tertiary/aromatic N) is 6. The van der Waals surface area contributed by atoms with E-state index in [4.69, 9.17) is 4.74 Å². The van der Waals surface area contributed by atoms with Crippen molar-refractivity contribution in [1.82, 2.24) is 24.3 Å². The molecule has 7 rings (SSSR count). The predicted molar refractivity (Wildman–Crippen MR) is 186 cm³/mol. The van der Waals surface area contributed by atoms with E-state index in [-0.39, 0.29) is 23.3 Å². The molecule has 1 aromatic carbocycles. The summed E-state index contributed by atoms with van der Waals surface area (Å²) in [6.45, 7) is 12.5. The molecule has 0 amide bonds. The number of likely N-dealkylation sites (tertiary alicyclic amines) is 1. The number of aromatic nitrogens is 2. The summed E-state index contributed by atoms with van der Waals surface area (Å²) in [5.41, 5.74) is 5.46. The van der Waals surface area contributed by atoms with Crippen molar-refractivity contribution in [3.63, 3.8) is 0 Å². The van der Waals surface area contributed by atoms with Crippen LogP contribution in [0.25, 0.3) is 10.9 Å². The number of piperidine rings is 2. The van der Waals surface area contributed by atoms with E-state index in [9.17, 15) is 4.79 Å². The Bertz CT molecular complexity index is 1750. The quantitative estimate of drug-likeness (QED) is 0.295. The maximum absolute atomic E-state index is 16.1. The molecule has 3 atom stereocenters. The van der Waals surface area contributed by atoms with E-state index in [2.05, 4.69) is 87.5 Å². The summed E-state index contributed by atoms with van der Waals surface area (Å²) < 4.78 is 24.6. The number of allylic oxidation sites excluding steroid dienone is 2. The Hall–Kier alpha value is -3.85. The minimum Gasteiger partial charge on any atom is -0.487 e. The molecule has 2 fully saturated rings. The zero-order valence-electron chi connectivity index (χ0n) is 28.4. The number of hydrogen-bond acceptors (Lipinski definition) is 7. The fraction of sp³-hybridized carbons (Fsp3) is 0.526. The highest BCUT2D eigenvalue weighted by Crippen LogP contribution is 2.43. The molecule has 4 aliphatic heterocycles. The number of likely N-dealkylation sites (N-methyl/N-ethyl adjacent to an activating group) is 1. The molecule has 0 N–H and O–H groups in total. The molecule has 0 aliphatic carbocycles. The molecule has 2 aromatic heterocycles. The smallest absolute Gasteiger partial charge is 0.194 e. The zero-order valence-corrected chi connectivity index (χ0v) is 28.4. The molecule has 4 aliphatic rings. The van der Waals surface area contributed by atoms with Gasteiger partial charge in [0.2, 0.25) is 0 Å². The molecule has 0 spiro atoms. The molecule has 47 heavy (non-hydrogen) atoms. The van der Waals surface area contributed by atoms with Gasteiger partial charge in [-0.1, -0.05) is 13.8 Å². The van der Waals surface area contributed by atoms with Crippen LogP contribution in [0.2, 0.25) is 0 Å². The SMILES string of the molecule is CCc1cc(CN(Cc2cn3c4c(c(N5CCCC(C)C5)c(F)cc4c2=O)OCC3C)C2CCCN(C3=CC=CN(C)C3)C2)ccn1. The molecule has 3 unspecified atom stereocenters. The van der Waals surface area contributed by atoms with Gasteiger partial charge in [-0.25, -0.2) is 4.39 Å². The van der Waals surface area contributed by atoms with E-state index in [1.165, 1.54) is 17.3 Å². The summed E-state index contributed by atoms with van der Waals surface area (Å²) >= 11 is 0. The number of halogens is 1. The second-order valence-corrected chi connectivity index (χ2v) is 14.2. The lowest BCUT2D eigenvalue weighted by molar-refractivity contribution is 0.0987. The predicted octanol–water partition coefficient (Wildman–Crippen LogP) is 6.10. The number of aryl methyl sites for hydroxylation is 1. The van der Waals surface area contributed by atoms with Gasteiger partial charge in [-0.15, -0.1) is 0 Å². The number of rotatable bonds is 8. The number of hydrogen-bond donors (Lipinski definition) is 0. The van der Waals surface area contributed by atoms with E-state index >= 15 is 4.39 Å². The Morgan fingerprint density at radius 3 is 2.72 bits per heavy atom. The summed E-state index contributed by atoms with van der Waals surface area (Å²) in [4.78, 5) is 28.3. The molecule has 250 valence electrons. The normalized spacial score (nSPS) is 23.0. The third-order valence-electron chi connectivity index (χ3n) is 10.6. The van der Waals surface area contributed by atoms with Crippen molar-refractivity contribution in [2.75, 3.05) is 51.3 Å². The molecule has 0 radical (unpaired) electrons. The van der Waals surface area contributed by atoms with E-state index < -0.39 is 0 Å². The first kappa shape index (κ1) is 31.7. The van der Waals surface area contributed by atoms with Gasteiger partial charge in [-0.05, 0) is 87.1 Å². The molecule has 0 saturated carbocycles. The lowest BCUT2D eigenvalue weighted by atomic mass is 9.98. The van der Waals surface area contributed by atoms with Crippen LogP contribution < -0.4 is 15.1 Å². The fourth-order valence-electron chi connectivity index (χ4n) is 8.04. The highest BCUT2D eigenvalue weighted by atomic mass is 19.1. The maximum Gasteiger partial charge on any atom is 0.194 e. The standard InChI is InChI=1S/C38H49FN6O2/c1-5-30-17-28(12-13-40-30)20-44(32-11-8-15-42(24-32)31-10-7-14-41(4)23-31)21-29-22-45-27(3)25-47-38-35(45)33(37(29)46)18-34(39)36(38)43-16-6-9-26(2)19-43/h7,10,12-14,17-18,22,26-27,32H,5-6,8-9,11,15-16,19-21,23-25H2,1-4H3. The van der Waals surface area contributed by atoms with Gasteiger partial charge in [0.05, 0.1) is 23.5 Å². The van der Waals surface area contributed by atoms with Crippen molar-refractivity contribution in [3.8, 4) is 5.75 Å². The van der Waals surface area contributed by atoms with Gasteiger partial charge in [0, 0.05) is 81.7 Å². The Labute approximate surface area is 278 Å². The molecule has 6 heterocycles. The van der Waals surface area contributed by atoms with Crippen LogP contribution in [0.1, 0.15) is 69.3 Å². The van der Waals surface area contributed by atoms with Gasteiger partial charge in [-0.2, -0.15) is 0 Å². The largest absolute Gasteiger partial charge is 0.487 e. The van der Waals surface area contributed by atoms with Gasteiger partial charge < -0.3 is 24.0 Å². The van der Waals surface area contributed by atoms with Crippen LogP contribution >= 0.6 is 0 Å². The Morgan fingerprint density at radius 1 is 1.09 bits per heavy atom. The first-order chi connectivity index (χ1) is 22.8. The van der Waals surface area contributed by atoms with Crippen LogP contribution in [0.15, 0.2) is 59.4 Å². The second-order valence-electron chi connectivity index (χ2n) is 14.2. The fourth-order valence-corrected chi connectivity index (χ4v) is 8.04. The number of pyridine rings is 2. The minimum absolute atomic E-state index is 0.0251. The topological polar surface area (TPSA) is 57.1 Å². The summed E-state index contributed by atoms with van der Waals surface area (Å²) in [7, 11) is 2.11. The van der Waals surface area contributed by atoms with Crippen LogP contribution in [0, 0.1) is 11.7 Å². The van der Waals surface area contributed by atoms with Crippen LogP contribution in [0.4, 0.5) is 10.1 Å². The monoisotopic (exact) mass is 640 g/mol. The van der Waals surface area contributed by atoms with Crippen molar-refractivity contribution in [1.29, 1.82) is 0 Å². The lowest BCUT2D eigenvalue weighted by Crippen LogP contribution is -2.48. The van der Waals surface area contributed by atoms with Crippen LogP contribution in [0.5, 0.6) is 5.75 Å². The van der Waals surface area contributed by atoms with Crippen LogP contribution in [0.3, 0.4) is 0 Å². The van der Waals surface area contributed by atoms with Crippen LogP contribution in [-0.4, -0.2) is 76.7 Å². The summed E-state index contributed by atoms with van der Waals surface area (Å²) in [5, 5.41) is 0.417. The summed E-state index contributed by atoms with van der Waals surface area (Å²) in [6.07, 6.45) is 15.6. The van der Waals surface area contributed by atoms with Gasteiger partial charge >= 0.3 is 0 Å². The number of anilines is 1. The maximum atomic E-state index is 16.1. The highest BCUT2D eigenvalue weighted by molar-refractivity contribution is 5.92. The lowest BCUT2D eigenvalue weighted by Gasteiger charge is -2.42. The first-order valence-electron chi connectivity index (χ1n) is 17.6. The van der Waals surface area contributed by atoms with E-state index in [0.717, 1.165) is 76.0 Å². The molecule has 3 aromatic rings. The molecular formula is C38H49FN6O2. The Balaban J connectivity index is 1.27. The average Bonchev–Trinajstić information content (AvgIpc) is 3.07. The van der Waals surface area contributed by atoms with Crippen molar-refractivity contribution in [2.24, 2.45) is 5.92 Å². The number of ether oxygens (including phenoxy) is 1. The Kier molecular flexibility index (Phi) is 9.01. The zero-order chi connectivity index (χ0) is 32.7. The third kappa shape index (κ3) is 6.39. The van der Waals surface area contributed by atoms with Crippen molar-refractivity contribution in [3.05, 3.63) is 87.5 Å². The third-order valence-corrected chi connectivity index (χ3v) is 10.6. The molecule has 0 bridgehead atoms. The van der Waals surface area contributed by atoms with Gasteiger partial charge in [0.25, 0.3) is 0 Å². The molecule has 9 heteroatoms. The average molecular weight is 641 g/mol. The summed E-state index contributed by atoms with van der Waals surface area (Å²) in [6, 6.07) is 6.05. The van der Waals surface area contributed by atoms with Crippen LogP contribution in [-0.2, 0) is 19.5 Å².